The van der Waals surface area contributed by atoms with Crippen LogP contribution in [0.15, 0.2) is 33.6 Å². The van der Waals surface area contributed by atoms with Crippen molar-refractivity contribution < 1.29 is 9.32 Å². The second kappa shape index (κ2) is 5.77. The zero-order valence-electron chi connectivity index (χ0n) is 9.81. The van der Waals surface area contributed by atoms with E-state index in [9.17, 15) is 4.79 Å². The van der Waals surface area contributed by atoms with E-state index in [0.717, 1.165) is 10.0 Å². The van der Waals surface area contributed by atoms with E-state index in [2.05, 4.69) is 35.9 Å². The number of halogens is 1. The second-order valence-corrected chi connectivity index (χ2v) is 4.79. The molecule has 1 N–H and O–H groups in total. The molecule has 0 aliphatic heterocycles. The molecule has 1 amide bonds. The third kappa shape index (κ3) is 3.40. The highest BCUT2D eigenvalue weighted by Crippen LogP contribution is 2.15. The van der Waals surface area contributed by atoms with Crippen LogP contribution in [-0.2, 0) is 6.42 Å². The SMILES string of the molecule is Cc1cc(Br)cc(C(=O)NCCc2ncon2)c1. The van der Waals surface area contributed by atoms with E-state index in [1.807, 2.05) is 19.1 Å². The number of aryl methyl sites for hydroxylation is 1. The summed E-state index contributed by atoms with van der Waals surface area (Å²) in [5.74, 6) is 0.476. The van der Waals surface area contributed by atoms with Gasteiger partial charge in [-0.2, -0.15) is 4.98 Å². The van der Waals surface area contributed by atoms with Gasteiger partial charge in [0.25, 0.3) is 5.91 Å². The number of rotatable bonds is 4. The molecule has 0 spiro atoms. The molecule has 18 heavy (non-hydrogen) atoms. The predicted molar refractivity (Wildman–Crippen MR) is 69.2 cm³/mol. The van der Waals surface area contributed by atoms with E-state index in [1.54, 1.807) is 6.07 Å². The van der Waals surface area contributed by atoms with E-state index in [1.165, 1.54) is 6.39 Å². The largest absolute Gasteiger partial charge is 0.352 e. The van der Waals surface area contributed by atoms with Gasteiger partial charge < -0.3 is 9.84 Å². The number of hydrogen-bond acceptors (Lipinski definition) is 4. The first-order valence-corrected chi connectivity index (χ1v) is 6.25. The molecule has 0 saturated heterocycles. The number of aromatic nitrogens is 2. The summed E-state index contributed by atoms with van der Waals surface area (Å²) in [7, 11) is 0. The maximum atomic E-state index is 11.9. The number of hydrogen-bond donors (Lipinski definition) is 1. The Hall–Kier alpha value is -1.69. The van der Waals surface area contributed by atoms with Crippen LogP contribution in [0.5, 0.6) is 0 Å². The Bertz CT molecular complexity index is 520. The topological polar surface area (TPSA) is 68.0 Å². The zero-order valence-corrected chi connectivity index (χ0v) is 11.4. The summed E-state index contributed by atoms with van der Waals surface area (Å²) in [6.07, 6.45) is 1.82. The van der Waals surface area contributed by atoms with Gasteiger partial charge in [0.15, 0.2) is 5.82 Å². The molecule has 2 aromatic rings. The van der Waals surface area contributed by atoms with Crippen LogP contribution >= 0.6 is 15.9 Å². The number of benzene rings is 1. The Balaban J connectivity index is 1.91. The van der Waals surface area contributed by atoms with Gasteiger partial charge in [0.05, 0.1) is 0 Å². The summed E-state index contributed by atoms with van der Waals surface area (Å²) >= 11 is 3.37. The van der Waals surface area contributed by atoms with Crippen molar-refractivity contribution >= 4 is 21.8 Å². The molecule has 94 valence electrons. The molecule has 1 aromatic heterocycles. The van der Waals surface area contributed by atoms with Crippen molar-refractivity contribution in [3.8, 4) is 0 Å². The van der Waals surface area contributed by atoms with E-state index >= 15 is 0 Å². The highest BCUT2D eigenvalue weighted by molar-refractivity contribution is 9.10. The number of amides is 1. The molecular formula is C12H12BrN3O2. The highest BCUT2D eigenvalue weighted by Gasteiger charge is 2.07. The molecule has 0 aliphatic carbocycles. The maximum absolute atomic E-state index is 11.9. The fourth-order valence-corrected chi connectivity index (χ4v) is 2.17. The summed E-state index contributed by atoms with van der Waals surface area (Å²) in [6, 6.07) is 5.58. The van der Waals surface area contributed by atoms with Crippen LogP contribution in [0.3, 0.4) is 0 Å². The predicted octanol–water partition coefficient (Wildman–Crippen LogP) is 2.11. The summed E-state index contributed by atoms with van der Waals surface area (Å²) < 4.78 is 5.50. The van der Waals surface area contributed by atoms with Gasteiger partial charge in [0, 0.05) is 23.0 Å². The van der Waals surface area contributed by atoms with Crippen molar-refractivity contribution in [2.24, 2.45) is 0 Å². The van der Waals surface area contributed by atoms with Crippen LogP contribution < -0.4 is 5.32 Å². The minimum atomic E-state index is -0.108. The van der Waals surface area contributed by atoms with Crippen molar-refractivity contribution in [3.05, 3.63) is 46.0 Å². The van der Waals surface area contributed by atoms with Gasteiger partial charge in [0.1, 0.15) is 0 Å². The molecule has 0 saturated carbocycles. The Kier molecular flexibility index (Phi) is 4.09. The standard InChI is InChI=1S/C12H12BrN3O2/c1-8-4-9(6-10(13)5-8)12(17)14-3-2-11-15-7-18-16-11/h4-7H,2-3H2,1H3,(H,14,17). The fourth-order valence-electron chi connectivity index (χ4n) is 1.56. The van der Waals surface area contributed by atoms with E-state index in [-0.39, 0.29) is 5.91 Å². The van der Waals surface area contributed by atoms with Crippen LogP contribution in [-0.4, -0.2) is 22.6 Å². The molecule has 0 aliphatic rings. The van der Waals surface area contributed by atoms with Crippen molar-refractivity contribution in [2.75, 3.05) is 6.54 Å². The fraction of sp³-hybridized carbons (Fsp3) is 0.250. The Morgan fingerprint density at radius 2 is 2.28 bits per heavy atom. The second-order valence-electron chi connectivity index (χ2n) is 3.87. The third-order valence-corrected chi connectivity index (χ3v) is 2.80. The smallest absolute Gasteiger partial charge is 0.251 e. The molecule has 0 atom stereocenters. The molecule has 1 heterocycles. The van der Waals surface area contributed by atoms with Crippen LogP contribution in [0.1, 0.15) is 21.7 Å². The minimum absolute atomic E-state index is 0.108. The Morgan fingerprint density at radius 1 is 1.44 bits per heavy atom. The van der Waals surface area contributed by atoms with Gasteiger partial charge in [-0.3, -0.25) is 4.79 Å². The normalized spacial score (nSPS) is 10.3. The summed E-state index contributed by atoms with van der Waals surface area (Å²) in [5.41, 5.74) is 1.67. The Morgan fingerprint density at radius 3 is 2.94 bits per heavy atom. The van der Waals surface area contributed by atoms with Crippen LogP contribution in [0.2, 0.25) is 0 Å². The number of carbonyl (C=O) groups is 1. The van der Waals surface area contributed by atoms with Gasteiger partial charge >= 0.3 is 0 Å². The molecule has 0 unspecified atom stereocenters. The van der Waals surface area contributed by atoms with Gasteiger partial charge in [-0.25, -0.2) is 0 Å². The van der Waals surface area contributed by atoms with Crippen molar-refractivity contribution in [1.29, 1.82) is 0 Å². The molecule has 2 rings (SSSR count). The minimum Gasteiger partial charge on any atom is -0.352 e. The summed E-state index contributed by atoms with van der Waals surface area (Å²) in [5, 5.41) is 6.48. The number of nitrogens with one attached hydrogen (secondary N) is 1. The lowest BCUT2D eigenvalue weighted by molar-refractivity contribution is 0.0953. The van der Waals surface area contributed by atoms with E-state index in [0.29, 0.717) is 24.4 Å². The monoisotopic (exact) mass is 309 g/mol. The van der Waals surface area contributed by atoms with Crippen LogP contribution in [0.25, 0.3) is 0 Å². The third-order valence-electron chi connectivity index (χ3n) is 2.35. The van der Waals surface area contributed by atoms with Gasteiger partial charge in [0.2, 0.25) is 6.39 Å². The van der Waals surface area contributed by atoms with Crippen LogP contribution in [0.4, 0.5) is 0 Å². The average molecular weight is 310 g/mol. The lowest BCUT2D eigenvalue weighted by Gasteiger charge is -2.05. The summed E-state index contributed by atoms with van der Waals surface area (Å²) in [6.45, 7) is 2.42. The molecule has 1 aromatic carbocycles. The number of carbonyl (C=O) groups excluding carboxylic acids is 1. The van der Waals surface area contributed by atoms with Crippen LogP contribution in [0, 0.1) is 6.92 Å². The van der Waals surface area contributed by atoms with E-state index in [4.69, 9.17) is 0 Å². The zero-order chi connectivity index (χ0) is 13.0. The summed E-state index contributed by atoms with van der Waals surface area (Å²) in [4.78, 5) is 15.8. The van der Waals surface area contributed by atoms with Crippen molar-refractivity contribution in [3.63, 3.8) is 0 Å². The van der Waals surface area contributed by atoms with Crippen molar-refractivity contribution in [2.45, 2.75) is 13.3 Å². The van der Waals surface area contributed by atoms with Gasteiger partial charge in [-0.1, -0.05) is 21.1 Å². The van der Waals surface area contributed by atoms with Gasteiger partial charge in [-0.15, -0.1) is 0 Å². The molecule has 0 bridgehead atoms. The maximum Gasteiger partial charge on any atom is 0.251 e. The quantitative estimate of drug-likeness (QED) is 0.939. The Labute approximate surface area is 113 Å². The lowest BCUT2D eigenvalue weighted by Crippen LogP contribution is -2.26. The number of nitrogens with zero attached hydrogens (tertiary/aromatic N) is 2. The van der Waals surface area contributed by atoms with Gasteiger partial charge in [-0.05, 0) is 30.7 Å². The van der Waals surface area contributed by atoms with E-state index < -0.39 is 0 Å². The molecule has 5 nitrogen and oxygen atoms in total. The molecule has 0 radical (unpaired) electrons. The first-order chi connectivity index (χ1) is 8.65. The molecular weight excluding hydrogens is 298 g/mol. The van der Waals surface area contributed by atoms with Crippen molar-refractivity contribution in [1.82, 2.24) is 15.5 Å². The first-order valence-electron chi connectivity index (χ1n) is 5.46. The molecule has 6 heteroatoms. The first kappa shape index (κ1) is 12.8. The average Bonchev–Trinajstić information content (AvgIpc) is 2.80. The lowest BCUT2D eigenvalue weighted by atomic mass is 10.1. The molecule has 0 fully saturated rings. The highest BCUT2D eigenvalue weighted by atomic mass is 79.9.